The number of hydrogen-bond acceptors (Lipinski definition) is 6. The van der Waals surface area contributed by atoms with Gasteiger partial charge in [0.25, 0.3) is 0 Å². The van der Waals surface area contributed by atoms with Gasteiger partial charge >= 0.3 is 7.69 Å². The summed E-state index contributed by atoms with van der Waals surface area (Å²) in [5.74, 6) is 0. The normalized spacial score (nSPS) is 24.3. The fourth-order valence-electron chi connectivity index (χ4n) is 1.38. The molecule has 0 bridgehead atoms. The second kappa shape index (κ2) is 3.91. The Kier molecular flexibility index (Phi) is 3.28. The molecular weight excluding hydrogens is 179 g/mol. The van der Waals surface area contributed by atoms with Crippen molar-refractivity contribution >= 4 is 7.69 Å². The third-order valence-electron chi connectivity index (χ3n) is 2.52. The molecule has 1 heterocycles. The third kappa shape index (κ3) is 1.37. The molecule has 4 N–H and O–H groups in total. The Labute approximate surface area is 76.0 Å². The fourth-order valence-corrected chi connectivity index (χ4v) is 1.38. The van der Waals surface area contributed by atoms with Crippen LogP contribution in [0.1, 0.15) is 0 Å². The van der Waals surface area contributed by atoms with Crippen LogP contribution in [-0.2, 0) is 9.31 Å². The second-order valence-corrected chi connectivity index (χ2v) is 3.03. The molecule has 0 aliphatic carbocycles. The summed E-state index contributed by atoms with van der Waals surface area (Å²) < 4.78 is 9.99. The average Bonchev–Trinajstić information content (AvgIpc) is 2.57. The minimum Gasteiger partial charge on any atom is -0.401 e. The van der Waals surface area contributed by atoms with Crippen molar-refractivity contribution in [3.8, 4) is 0 Å². The molecule has 0 aromatic rings. The van der Waals surface area contributed by atoms with Gasteiger partial charge in [-0.05, 0) is 0 Å². The molecular formula is C6H13BO6. The summed E-state index contributed by atoms with van der Waals surface area (Å²) in [7, 11) is -0.164. The topological polar surface area (TPSA) is 99.4 Å². The third-order valence-corrected chi connectivity index (χ3v) is 2.52. The molecule has 7 heteroatoms. The smallest absolute Gasteiger partial charge is 0.401 e. The van der Waals surface area contributed by atoms with Crippen LogP contribution in [0.25, 0.3) is 0 Å². The first kappa shape index (κ1) is 10.9. The Hall–Kier alpha value is -0.175. The van der Waals surface area contributed by atoms with Crippen molar-refractivity contribution in [2.75, 3.05) is 26.4 Å². The van der Waals surface area contributed by atoms with Crippen LogP contribution in [0.5, 0.6) is 0 Å². The summed E-state index contributed by atoms with van der Waals surface area (Å²) >= 11 is 0. The maximum atomic E-state index is 9.03. The Morgan fingerprint density at radius 3 is 1.31 bits per heavy atom. The van der Waals surface area contributed by atoms with Gasteiger partial charge in [-0.3, -0.25) is 0 Å². The van der Waals surface area contributed by atoms with Crippen LogP contribution < -0.4 is 0 Å². The predicted molar refractivity (Wildman–Crippen MR) is 43.1 cm³/mol. The maximum absolute atomic E-state index is 9.03. The highest BCUT2D eigenvalue weighted by Gasteiger charge is 2.57. The molecule has 0 spiro atoms. The molecule has 1 rings (SSSR count). The van der Waals surface area contributed by atoms with Crippen LogP contribution in [0.4, 0.5) is 0 Å². The van der Waals surface area contributed by atoms with Crippen molar-refractivity contribution in [3.05, 3.63) is 0 Å². The molecule has 0 unspecified atom stereocenters. The lowest BCUT2D eigenvalue weighted by Crippen LogP contribution is -2.61. The summed E-state index contributed by atoms with van der Waals surface area (Å²) in [4.78, 5) is 0. The van der Waals surface area contributed by atoms with Gasteiger partial charge in [-0.1, -0.05) is 0 Å². The first-order valence-corrected chi connectivity index (χ1v) is 3.91. The molecule has 13 heavy (non-hydrogen) atoms. The van der Waals surface area contributed by atoms with Crippen molar-refractivity contribution in [2.24, 2.45) is 0 Å². The number of aliphatic hydroxyl groups excluding tert-OH is 4. The molecule has 0 atom stereocenters. The fraction of sp³-hybridized carbons (Fsp3) is 1.00. The van der Waals surface area contributed by atoms with Crippen molar-refractivity contribution in [1.29, 1.82) is 0 Å². The molecule has 0 aromatic heterocycles. The van der Waals surface area contributed by atoms with Crippen molar-refractivity contribution < 1.29 is 29.7 Å². The maximum Gasteiger partial charge on any atom is 0.439 e. The van der Waals surface area contributed by atoms with E-state index in [1.54, 1.807) is 0 Å². The van der Waals surface area contributed by atoms with Crippen molar-refractivity contribution in [3.63, 3.8) is 0 Å². The zero-order valence-electron chi connectivity index (χ0n) is 7.14. The van der Waals surface area contributed by atoms with E-state index in [1.807, 2.05) is 0 Å². The van der Waals surface area contributed by atoms with Crippen LogP contribution in [0.2, 0.25) is 0 Å². The van der Waals surface area contributed by atoms with Gasteiger partial charge in [0.2, 0.25) is 0 Å². The van der Waals surface area contributed by atoms with Crippen LogP contribution in [0.3, 0.4) is 0 Å². The van der Waals surface area contributed by atoms with Crippen LogP contribution >= 0.6 is 0 Å². The van der Waals surface area contributed by atoms with Gasteiger partial charge in [0, 0.05) is 0 Å². The van der Waals surface area contributed by atoms with Gasteiger partial charge < -0.3 is 29.7 Å². The highest BCUT2D eigenvalue weighted by molar-refractivity contribution is 6.19. The van der Waals surface area contributed by atoms with Gasteiger partial charge in [0.05, 0.1) is 26.4 Å². The molecule has 1 saturated heterocycles. The van der Waals surface area contributed by atoms with E-state index in [1.165, 1.54) is 0 Å². The highest BCUT2D eigenvalue weighted by Crippen LogP contribution is 2.33. The van der Waals surface area contributed by atoms with Gasteiger partial charge in [0.1, 0.15) is 11.2 Å². The van der Waals surface area contributed by atoms with Crippen molar-refractivity contribution in [2.45, 2.75) is 11.2 Å². The lowest BCUT2D eigenvalue weighted by Gasteiger charge is -2.39. The standard InChI is InChI=1S/C6H13BO6/c8-1-5(2-9)6(3-10,4-11)13-7-12-5/h7-11H,1-4H2. The molecule has 0 saturated carbocycles. The summed E-state index contributed by atoms with van der Waals surface area (Å²) in [6.07, 6.45) is 0. The lowest BCUT2D eigenvalue weighted by molar-refractivity contribution is -0.147. The molecule has 1 aliphatic heterocycles. The minimum atomic E-state index is -1.42. The van der Waals surface area contributed by atoms with E-state index in [0.29, 0.717) is 0 Å². The Morgan fingerprint density at radius 2 is 1.08 bits per heavy atom. The highest BCUT2D eigenvalue weighted by atomic mass is 16.7. The van der Waals surface area contributed by atoms with E-state index in [4.69, 9.17) is 29.7 Å². The van der Waals surface area contributed by atoms with E-state index in [9.17, 15) is 0 Å². The zero-order chi connectivity index (χ0) is 9.95. The van der Waals surface area contributed by atoms with E-state index < -0.39 is 37.6 Å². The molecule has 1 fully saturated rings. The van der Waals surface area contributed by atoms with E-state index in [-0.39, 0.29) is 7.69 Å². The Balaban J connectivity index is 2.92. The van der Waals surface area contributed by atoms with Gasteiger partial charge in [-0.2, -0.15) is 0 Å². The summed E-state index contributed by atoms with van der Waals surface area (Å²) in [5, 5.41) is 36.1. The second-order valence-electron chi connectivity index (χ2n) is 3.03. The quantitative estimate of drug-likeness (QED) is 0.349. The molecule has 76 valence electrons. The van der Waals surface area contributed by atoms with Gasteiger partial charge in [-0.25, -0.2) is 0 Å². The van der Waals surface area contributed by atoms with Gasteiger partial charge in [-0.15, -0.1) is 0 Å². The summed E-state index contributed by atoms with van der Waals surface area (Å²) in [5.41, 5.74) is -2.84. The predicted octanol–water partition coefficient (Wildman–Crippen LogP) is -3.25. The lowest BCUT2D eigenvalue weighted by atomic mass is 9.85. The first-order chi connectivity index (χ1) is 6.20. The summed E-state index contributed by atoms with van der Waals surface area (Å²) in [6, 6.07) is 0. The zero-order valence-corrected chi connectivity index (χ0v) is 7.14. The van der Waals surface area contributed by atoms with E-state index in [0.717, 1.165) is 0 Å². The van der Waals surface area contributed by atoms with Crippen LogP contribution in [0.15, 0.2) is 0 Å². The Morgan fingerprint density at radius 1 is 0.769 bits per heavy atom. The van der Waals surface area contributed by atoms with Crippen LogP contribution in [-0.4, -0.2) is 65.7 Å². The van der Waals surface area contributed by atoms with Gasteiger partial charge in [0.15, 0.2) is 0 Å². The largest absolute Gasteiger partial charge is 0.439 e. The average molecular weight is 192 g/mol. The molecule has 0 amide bonds. The molecule has 0 aromatic carbocycles. The number of rotatable bonds is 4. The molecule has 0 radical (unpaired) electrons. The SMILES string of the molecule is OCC1(CO)OBOC1(CO)CO. The minimum absolute atomic E-state index is 0.164. The molecule has 6 nitrogen and oxygen atoms in total. The summed E-state index contributed by atoms with van der Waals surface area (Å²) in [6.45, 7) is -2.09. The number of aliphatic hydroxyl groups is 4. The van der Waals surface area contributed by atoms with Crippen LogP contribution in [0, 0.1) is 0 Å². The van der Waals surface area contributed by atoms with Crippen molar-refractivity contribution in [1.82, 2.24) is 0 Å². The monoisotopic (exact) mass is 192 g/mol. The Bertz CT molecular complexity index is 149. The number of hydrogen-bond donors (Lipinski definition) is 4. The molecule has 1 aliphatic rings. The van der Waals surface area contributed by atoms with E-state index >= 15 is 0 Å². The first-order valence-electron chi connectivity index (χ1n) is 3.91. The van der Waals surface area contributed by atoms with E-state index in [2.05, 4.69) is 0 Å².